The van der Waals surface area contributed by atoms with Crippen molar-refractivity contribution in [1.82, 2.24) is 5.48 Å². The van der Waals surface area contributed by atoms with Gasteiger partial charge in [-0.25, -0.2) is 5.48 Å². The van der Waals surface area contributed by atoms with Crippen LogP contribution in [0.1, 0.15) is 27.7 Å². The molecule has 0 fully saturated rings. The van der Waals surface area contributed by atoms with Crippen molar-refractivity contribution >= 4 is 5.91 Å². The van der Waals surface area contributed by atoms with Crippen molar-refractivity contribution in [3.63, 3.8) is 0 Å². The van der Waals surface area contributed by atoms with Crippen LogP contribution in [-0.2, 0) is 4.79 Å². The highest BCUT2D eigenvalue weighted by Crippen LogP contribution is 1.99. The topological polar surface area (TPSA) is 69.6 Å². The zero-order chi connectivity index (χ0) is 9.44. The van der Waals surface area contributed by atoms with Crippen LogP contribution in [0.25, 0.3) is 0 Å². The second-order valence-electron chi connectivity index (χ2n) is 2.01. The van der Waals surface area contributed by atoms with E-state index in [4.69, 9.17) is 10.3 Å². The first kappa shape index (κ1) is 13.0. The largest absolute Gasteiger partial charge is 0.393 e. The molecule has 0 aliphatic carbocycles. The lowest BCUT2D eigenvalue weighted by Crippen LogP contribution is -2.32. The zero-order valence-electron chi connectivity index (χ0n) is 7.46. The normalized spacial score (nSPS) is 14.0. The monoisotopic (exact) mass is 163 g/mol. The standard InChI is InChI=1S/C5H11NO3.C2H6/c1-3(4(2)7)5(8)6-9;1-2/h3-4,7,9H,1-2H3,(H,6,8);1-2H3. The number of hydroxylamine groups is 1. The van der Waals surface area contributed by atoms with Gasteiger partial charge in [0.15, 0.2) is 0 Å². The first-order valence-electron chi connectivity index (χ1n) is 3.71. The summed E-state index contributed by atoms with van der Waals surface area (Å²) < 4.78 is 0. The summed E-state index contributed by atoms with van der Waals surface area (Å²) in [6.07, 6.45) is -0.725. The molecule has 0 aromatic heterocycles. The molecule has 0 aromatic rings. The SMILES string of the molecule is CC.CC(O)C(C)C(=O)NO. The van der Waals surface area contributed by atoms with Gasteiger partial charge in [-0.05, 0) is 6.92 Å². The van der Waals surface area contributed by atoms with E-state index < -0.39 is 17.9 Å². The highest BCUT2D eigenvalue weighted by molar-refractivity contribution is 5.77. The van der Waals surface area contributed by atoms with E-state index in [0.717, 1.165) is 0 Å². The zero-order valence-corrected chi connectivity index (χ0v) is 7.46. The van der Waals surface area contributed by atoms with E-state index in [9.17, 15) is 4.79 Å². The van der Waals surface area contributed by atoms with Gasteiger partial charge in [0.2, 0.25) is 5.91 Å². The Labute approximate surface area is 67.2 Å². The summed E-state index contributed by atoms with van der Waals surface area (Å²) in [5.74, 6) is -1.13. The van der Waals surface area contributed by atoms with Crippen molar-refractivity contribution < 1.29 is 15.1 Å². The van der Waals surface area contributed by atoms with Gasteiger partial charge in [0.1, 0.15) is 0 Å². The molecule has 4 nitrogen and oxygen atoms in total. The molecule has 2 atom stereocenters. The van der Waals surface area contributed by atoms with Crippen molar-refractivity contribution in [1.29, 1.82) is 0 Å². The highest BCUT2D eigenvalue weighted by atomic mass is 16.5. The van der Waals surface area contributed by atoms with E-state index in [0.29, 0.717) is 0 Å². The number of nitrogens with one attached hydrogen (secondary N) is 1. The van der Waals surface area contributed by atoms with E-state index in [-0.39, 0.29) is 0 Å². The molecule has 0 aliphatic heterocycles. The Kier molecular flexibility index (Phi) is 8.87. The number of hydrogen-bond donors (Lipinski definition) is 3. The Bertz CT molecular complexity index is 104. The van der Waals surface area contributed by atoms with Crippen molar-refractivity contribution in [3.8, 4) is 0 Å². The summed E-state index contributed by atoms with van der Waals surface area (Å²) in [6, 6.07) is 0. The summed E-state index contributed by atoms with van der Waals surface area (Å²) in [4.78, 5) is 10.4. The number of hydrogen-bond acceptors (Lipinski definition) is 3. The number of carbonyl (C=O) groups is 1. The van der Waals surface area contributed by atoms with E-state index >= 15 is 0 Å². The number of aliphatic hydroxyl groups excluding tert-OH is 1. The summed E-state index contributed by atoms with van der Waals surface area (Å²) in [6.45, 7) is 7.01. The van der Waals surface area contributed by atoms with E-state index in [2.05, 4.69) is 0 Å². The summed E-state index contributed by atoms with van der Waals surface area (Å²) in [5, 5.41) is 16.8. The third-order valence-electron chi connectivity index (χ3n) is 1.25. The first-order valence-corrected chi connectivity index (χ1v) is 3.71. The van der Waals surface area contributed by atoms with Crippen LogP contribution in [0, 0.1) is 5.92 Å². The summed E-state index contributed by atoms with van der Waals surface area (Å²) in [7, 11) is 0. The Morgan fingerprint density at radius 2 is 1.73 bits per heavy atom. The van der Waals surface area contributed by atoms with Crippen LogP contribution in [0.5, 0.6) is 0 Å². The maximum Gasteiger partial charge on any atom is 0.248 e. The first-order chi connectivity index (χ1) is 5.09. The molecule has 0 aromatic carbocycles. The second kappa shape index (κ2) is 7.50. The molecule has 0 aliphatic rings. The molecule has 0 saturated heterocycles. The lowest BCUT2D eigenvalue weighted by molar-refractivity contribution is -0.135. The minimum absolute atomic E-state index is 0.560. The van der Waals surface area contributed by atoms with Crippen molar-refractivity contribution in [2.75, 3.05) is 0 Å². The predicted octanol–water partition coefficient (Wildman–Crippen LogP) is 0.535. The van der Waals surface area contributed by atoms with Gasteiger partial charge in [0.25, 0.3) is 0 Å². The minimum Gasteiger partial charge on any atom is -0.393 e. The van der Waals surface area contributed by atoms with Crippen molar-refractivity contribution in [3.05, 3.63) is 0 Å². The van der Waals surface area contributed by atoms with Gasteiger partial charge in [-0.1, -0.05) is 20.8 Å². The van der Waals surface area contributed by atoms with Crippen LogP contribution in [0.3, 0.4) is 0 Å². The Hall–Kier alpha value is -0.610. The fraction of sp³-hybridized carbons (Fsp3) is 0.857. The maximum atomic E-state index is 10.4. The van der Waals surface area contributed by atoms with Gasteiger partial charge in [-0.3, -0.25) is 10.0 Å². The number of amides is 1. The average molecular weight is 163 g/mol. The van der Waals surface area contributed by atoms with E-state index in [1.165, 1.54) is 19.3 Å². The molecule has 2 unspecified atom stereocenters. The molecule has 0 radical (unpaired) electrons. The van der Waals surface area contributed by atoms with Crippen molar-refractivity contribution in [2.45, 2.75) is 33.8 Å². The highest BCUT2D eigenvalue weighted by Gasteiger charge is 2.16. The third-order valence-corrected chi connectivity index (χ3v) is 1.25. The van der Waals surface area contributed by atoms with Gasteiger partial charge in [-0.2, -0.15) is 0 Å². The van der Waals surface area contributed by atoms with E-state index in [1.54, 1.807) is 0 Å². The molecule has 0 spiro atoms. The molecule has 4 heteroatoms. The molecule has 3 N–H and O–H groups in total. The number of rotatable bonds is 2. The molecule has 68 valence electrons. The summed E-state index contributed by atoms with van der Waals surface area (Å²) >= 11 is 0. The molecule has 0 saturated carbocycles. The van der Waals surface area contributed by atoms with Crippen LogP contribution in [0.4, 0.5) is 0 Å². The van der Waals surface area contributed by atoms with Gasteiger partial charge < -0.3 is 5.11 Å². The Morgan fingerprint density at radius 3 is 1.82 bits per heavy atom. The molecular weight excluding hydrogens is 146 g/mol. The van der Waals surface area contributed by atoms with Crippen LogP contribution in [-0.4, -0.2) is 22.3 Å². The lowest BCUT2D eigenvalue weighted by atomic mass is 10.1. The van der Waals surface area contributed by atoms with Crippen LogP contribution >= 0.6 is 0 Å². The second-order valence-corrected chi connectivity index (χ2v) is 2.01. The quantitative estimate of drug-likeness (QED) is 0.411. The molecule has 1 amide bonds. The molecule has 0 rings (SSSR count). The summed E-state index contributed by atoms with van der Waals surface area (Å²) in [5.41, 5.74) is 1.45. The minimum atomic E-state index is -0.725. The van der Waals surface area contributed by atoms with Crippen LogP contribution in [0.2, 0.25) is 0 Å². The van der Waals surface area contributed by atoms with Gasteiger partial charge in [0, 0.05) is 0 Å². The average Bonchev–Trinajstić information content (AvgIpc) is 2.05. The third kappa shape index (κ3) is 5.82. The van der Waals surface area contributed by atoms with Crippen LogP contribution in [0.15, 0.2) is 0 Å². The van der Waals surface area contributed by atoms with Gasteiger partial charge in [0.05, 0.1) is 12.0 Å². The molecule has 11 heavy (non-hydrogen) atoms. The fourth-order valence-electron chi connectivity index (χ4n) is 0.321. The van der Waals surface area contributed by atoms with Crippen LogP contribution < -0.4 is 5.48 Å². The Balaban J connectivity index is 0. The number of carbonyl (C=O) groups excluding carboxylic acids is 1. The lowest BCUT2D eigenvalue weighted by Gasteiger charge is -2.10. The predicted molar refractivity (Wildman–Crippen MR) is 42.1 cm³/mol. The maximum absolute atomic E-state index is 10.4. The van der Waals surface area contributed by atoms with E-state index in [1.807, 2.05) is 13.8 Å². The van der Waals surface area contributed by atoms with Gasteiger partial charge >= 0.3 is 0 Å². The smallest absolute Gasteiger partial charge is 0.248 e. The van der Waals surface area contributed by atoms with Crippen molar-refractivity contribution in [2.24, 2.45) is 5.92 Å². The molecular formula is C7H17NO3. The van der Waals surface area contributed by atoms with Gasteiger partial charge in [-0.15, -0.1) is 0 Å². The molecule has 0 heterocycles. The molecule has 0 bridgehead atoms. The fourth-order valence-corrected chi connectivity index (χ4v) is 0.321. The number of aliphatic hydroxyl groups is 1. The Morgan fingerprint density at radius 1 is 1.36 bits per heavy atom.